The van der Waals surface area contributed by atoms with Gasteiger partial charge in [-0.2, -0.15) is 0 Å². The zero-order valence-corrected chi connectivity index (χ0v) is 13.5. The van der Waals surface area contributed by atoms with Gasteiger partial charge in [0.1, 0.15) is 0 Å². The fourth-order valence-corrected chi connectivity index (χ4v) is 5.01. The van der Waals surface area contributed by atoms with Gasteiger partial charge in [0.2, 0.25) is 0 Å². The minimum Gasteiger partial charge on any atom is -0.314 e. The van der Waals surface area contributed by atoms with E-state index < -0.39 is 0 Å². The highest BCUT2D eigenvalue weighted by Gasteiger charge is 2.36. The number of likely N-dealkylation sites (tertiary alicyclic amines) is 2. The van der Waals surface area contributed by atoms with Crippen LogP contribution < -0.4 is 5.32 Å². The topological polar surface area (TPSA) is 18.5 Å². The fraction of sp³-hybridized carbons (Fsp3) is 1.00. The second-order valence-electron chi connectivity index (χ2n) is 7.35. The Balaban J connectivity index is 1.51. The lowest BCUT2D eigenvalue weighted by Gasteiger charge is -2.46. The van der Waals surface area contributed by atoms with Crippen LogP contribution >= 0.6 is 0 Å². The lowest BCUT2D eigenvalue weighted by molar-refractivity contribution is 0.0312. The average Bonchev–Trinajstić information content (AvgIpc) is 2.87. The Morgan fingerprint density at radius 1 is 1.05 bits per heavy atom. The Morgan fingerprint density at radius 3 is 2.80 bits per heavy atom. The van der Waals surface area contributed by atoms with Gasteiger partial charge in [-0.3, -0.25) is 0 Å². The maximum Gasteiger partial charge on any atom is 0.0145 e. The number of hydrogen-bond donors (Lipinski definition) is 1. The number of fused-ring (bicyclic) bond motifs is 1. The largest absolute Gasteiger partial charge is 0.314 e. The molecular weight excluding hydrogens is 246 g/mol. The van der Waals surface area contributed by atoms with E-state index in [9.17, 15) is 0 Å². The number of piperidine rings is 2. The van der Waals surface area contributed by atoms with E-state index >= 15 is 0 Å². The highest BCUT2D eigenvalue weighted by molar-refractivity contribution is 4.91. The molecule has 0 aromatic heterocycles. The maximum atomic E-state index is 3.71. The van der Waals surface area contributed by atoms with E-state index in [0.717, 1.165) is 30.5 Å². The zero-order chi connectivity index (χ0) is 13.9. The molecule has 0 aromatic rings. The van der Waals surface area contributed by atoms with Crippen LogP contribution in [0.25, 0.3) is 0 Å². The third kappa shape index (κ3) is 3.20. The van der Waals surface area contributed by atoms with Crippen molar-refractivity contribution in [2.75, 3.05) is 39.8 Å². The van der Waals surface area contributed by atoms with Crippen molar-refractivity contribution in [1.82, 2.24) is 15.1 Å². The summed E-state index contributed by atoms with van der Waals surface area (Å²) in [4.78, 5) is 5.42. The predicted octanol–water partition coefficient (Wildman–Crippen LogP) is 2.18. The van der Waals surface area contributed by atoms with Crippen molar-refractivity contribution < 1.29 is 0 Å². The third-order valence-electron chi connectivity index (χ3n) is 6.05. The summed E-state index contributed by atoms with van der Waals surface area (Å²) in [7, 11) is 2.34. The molecule has 1 aliphatic carbocycles. The molecule has 0 amide bonds. The van der Waals surface area contributed by atoms with Crippen molar-refractivity contribution in [2.24, 2.45) is 11.8 Å². The highest BCUT2D eigenvalue weighted by Crippen LogP contribution is 2.32. The monoisotopic (exact) mass is 279 g/mol. The SMILES string of the molecule is CCNC1CCCC1CN1CCC2C(CCCN2C)C1. The van der Waals surface area contributed by atoms with Gasteiger partial charge in [-0.15, -0.1) is 0 Å². The number of nitrogens with one attached hydrogen (secondary N) is 1. The standard InChI is InChI=1S/C17H33N3/c1-3-18-16-8-4-6-14(16)12-20-11-9-17-15(13-20)7-5-10-19(17)2/h14-18H,3-13H2,1-2H3. The summed E-state index contributed by atoms with van der Waals surface area (Å²) < 4.78 is 0. The molecule has 1 saturated carbocycles. The molecule has 4 atom stereocenters. The summed E-state index contributed by atoms with van der Waals surface area (Å²) in [6.45, 7) is 8.76. The van der Waals surface area contributed by atoms with Gasteiger partial charge in [-0.05, 0) is 70.6 Å². The minimum absolute atomic E-state index is 0.798. The van der Waals surface area contributed by atoms with Crippen molar-refractivity contribution in [2.45, 2.75) is 57.5 Å². The Labute approximate surface area is 125 Å². The number of hydrogen-bond acceptors (Lipinski definition) is 3. The molecule has 3 rings (SSSR count). The summed E-state index contributed by atoms with van der Waals surface area (Å²) in [6.07, 6.45) is 8.57. The molecule has 3 heteroatoms. The smallest absolute Gasteiger partial charge is 0.0145 e. The van der Waals surface area contributed by atoms with Gasteiger partial charge in [0.25, 0.3) is 0 Å². The van der Waals surface area contributed by atoms with E-state index in [1.54, 1.807) is 0 Å². The molecule has 20 heavy (non-hydrogen) atoms. The van der Waals surface area contributed by atoms with Gasteiger partial charge in [0.05, 0.1) is 0 Å². The molecule has 3 nitrogen and oxygen atoms in total. The van der Waals surface area contributed by atoms with Gasteiger partial charge < -0.3 is 15.1 Å². The first kappa shape index (κ1) is 14.8. The Morgan fingerprint density at radius 2 is 1.95 bits per heavy atom. The normalized spacial score (nSPS) is 39.9. The second-order valence-corrected chi connectivity index (χ2v) is 7.35. The summed E-state index contributed by atoms with van der Waals surface area (Å²) >= 11 is 0. The van der Waals surface area contributed by atoms with Gasteiger partial charge in [0, 0.05) is 25.2 Å². The molecule has 0 radical (unpaired) electrons. The Bertz CT molecular complexity index is 307. The molecule has 3 aliphatic rings. The van der Waals surface area contributed by atoms with E-state index in [2.05, 4.69) is 29.1 Å². The van der Waals surface area contributed by atoms with Crippen molar-refractivity contribution in [1.29, 1.82) is 0 Å². The van der Waals surface area contributed by atoms with Crippen LogP contribution in [0.15, 0.2) is 0 Å². The van der Waals surface area contributed by atoms with Gasteiger partial charge >= 0.3 is 0 Å². The van der Waals surface area contributed by atoms with Crippen LogP contribution in [0.2, 0.25) is 0 Å². The molecule has 3 fully saturated rings. The van der Waals surface area contributed by atoms with Crippen LogP contribution in [0.1, 0.15) is 45.4 Å². The Kier molecular flexibility index (Phi) is 5.00. The van der Waals surface area contributed by atoms with Crippen LogP contribution in [-0.2, 0) is 0 Å². The van der Waals surface area contributed by atoms with Crippen molar-refractivity contribution in [3.63, 3.8) is 0 Å². The van der Waals surface area contributed by atoms with Gasteiger partial charge in [0.15, 0.2) is 0 Å². The molecule has 2 saturated heterocycles. The first-order valence-corrected chi connectivity index (χ1v) is 8.94. The van der Waals surface area contributed by atoms with E-state index in [1.165, 1.54) is 64.7 Å². The van der Waals surface area contributed by atoms with Crippen molar-refractivity contribution in [3.05, 3.63) is 0 Å². The third-order valence-corrected chi connectivity index (χ3v) is 6.05. The van der Waals surface area contributed by atoms with Crippen molar-refractivity contribution >= 4 is 0 Å². The average molecular weight is 279 g/mol. The summed E-state index contributed by atoms with van der Waals surface area (Å²) in [6, 6.07) is 1.68. The van der Waals surface area contributed by atoms with Crippen molar-refractivity contribution in [3.8, 4) is 0 Å². The molecule has 4 unspecified atom stereocenters. The quantitative estimate of drug-likeness (QED) is 0.851. The minimum atomic E-state index is 0.798. The zero-order valence-electron chi connectivity index (χ0n) is 13.5. The van der Waals surface area contributed by atoms with Crippen LogP contribution in [0.4, 0.5) is 0 Å². The first-order valence-electron chi connectivity index (χ1n) is 8.94. The van der Waals surface area contributed by atoms with Crippen LogP contribution in [0.3, 0.4) is 0 Å². The lowest BCUT2D eigenvalue weighted by atomic mass is 9.84. The maximum absolute atomic E-state index is 3.71. The van der Waals surface area contributed by atoms with Gasteiger partial charge in [-0.1, -0.05) is 13.3 Å². The summed E-state index contributed by atoms with van der Waals surface area (Å²) in [5, 5.41) is 3.71. The summed E-state index contributed by atoms with van der Waals surface area (Å²) in [5.41, 5.74) is 0. The predicted molar refractivity (Wildman–Crippen MR) is 85.0 cm³/mol. The molecule has 116 valence electrons. The van der Waals surface area contributed by atoms with Gasteiger partial charge in [-0.25, -0.2) is 0 Å². The first-order chi connectivity index (χ1) is 9.78. The highest BCUT2D eigenvalue weighted by atomic mass is 15.2. The summed E-state index contributed by atoms with van der Waals surface area (Å²) in [5.74, 6) is 1.86. The molecule has 2 heterocycles. The number of rotatable bonds is 4. The van der Waals surface area contributed by atoms with E-state index in [0.29, 0.717) is 0 Å². The van der Waals surface area contributed by atoms with E-state index in [4.69, 9.17) is 0 Å². The fourth-order valence-electron chi connectivity index (χ4n) is 5.01. The molecule has 0 aromatic carbocycles. The molecule has 0 spiro atoms. The Hall–Kier alpha value is -0.120. The molecular formula is C17H33N3. The molecule has 0 bridgehead atoms. The number of nitrogens with zero attached hydrogens (tertiary/aromatic N) is 2. The van der Waals surface area contributed by atoms with E-state index in [-0.39, 0.29) is 0 Å². The second kappa shape index (κ2) is 6.76. The van der Waals surface area contributed by atoms with Crippen LogP contribution in [0.5, 0.6) is 0 Å². The van der Waals surface area contributed by atoms with E-state index in [1.807, 2.05) is 0 Å². The lowest BCUT2D eigenvalue weighted by Crippen LogP contribution is -2.54. The molecule has 1 N–H and O–H groups in total. The van der Waals surface area contributed by atoms with Crippen LogP contribution in [0, 0.1) is 11.8 Å². The van der Waals surface area contributed by atoms with Crippen LogP contribution in [-0.4, -0.2) is 61.7 Å². The molecule has 2 aliphatic heterocycles.